The summed E-state index contributed by atoms with van der Waals surface area (Å²) in [6, 6.07) is 2.44. The van der Waals surface area contributed by atoms with Crippen molar-refractivity contribution in [2.75, 3.05) is 0 Å². The van der Waals surface area contributed by atoms with Crippen LogP contribution in [0.4, 0.5) is 0 Å². The van der Waals surface area contributed by atoms with Crippen LogP contribution < -0.4 is 5.32 Å². The molecule has 1 unspecified atom stereocenters. The zero-order valence-electron chi connectivity index (χ0n) is 11.2. The van der Waals surface area contributed by atoms with Gasteiger partial charge in [0.15, 0.2) is 0 Å². The number of hydrogen-bond acceptors (Lipinski definition) is 3. The Hall–Kier alpha value is -0.490. The van der Waals surface area contributed by atoms with E-state index in [0.29, 0.717) is 5.92 Å². The smallest absolute Gasteiger partial charge is 0.262 e. The van der Waals surface area contributed by atoms with E-state index in [1.807, 2.05) is 6.92 Å². The van der Waals surface area contributed by atoms with Crippen molar-refractivity contribution < 1.29 is 13.2 Å². The Bertz CT molecular complexity index is 671. The zero-order valence-corrected chi connectivity index (χ0v) is 14.3. The summed E-state index contributed by atoms with van der Waals surface area (Å²) < 4.78 is 22.8. The van der Waals surface area contributed by atoms with Crippen LogP contribution in [-0.2, 0) is 9.05 Å². The van der Waals surface area contributed by atoms with Crippen LogP contribution in [0.15, 0.2) is 17.0 Å². The molecule has 1 atom stereocenters. The minimum absolute atomic E-state index is 0.0339. The molecule has 1 N–H and O–H groups in total. The molecular formula is C13H14Cl3NO3S. The normalized spacial score (nSPS) is 16.6. The Morgan fingerprint density at radius 2 is 2.00 bits per heavy atom. The highest BCUT2D eigenvalue weighted by Gasteiger charge is 2.27. The summed E-state index contributed by atoms with van der Waals surface area (Å²) >= 11 is 12.0. The van der Waals surface area contributed by atoms with Crippen LogP contribution in [0.25, 0.3) is 0 Å². The molecule has 1 amide bonds. The van der Waals surface area contributed by atoms with Gasteiger partial charge in [0.2, 0.25) is 0 Å². The molecule has 0 bridgehead atoms. The first-order valence-corrected chi connectivity index (χ1v) is 9.50. The number of benzene rings is 1. The summed E-state index contributed by atoms with van der Waals surface area (Å²) in [5.74, 6) is 0.154. The maximum atomic E-state index is 12.3. The first-order chi connectivity index (χ1) is 9.70. The third kappa shape index (κ3) is 4.25. The van der Waals surface area contributed by atoms with Crippen molar-refractivity contribution in [1.82, 2.24) is 5.32 Å². The van der Waals surface area contributed by atoms with Gasteiger partial charge in [-0.2, -0.15) is 0 Å². The van der Waals surface area contributed by atoms with E-state index in [-0.39, 0.29) is 26.5 Å². The highest BCUT2D eigenvalue weighted by molar-refractivity contribution is 8.13. The lowest BCUT2D eigenvalue weighted by atomic mass is 10.1. The van der Waals surface area contributed by atoms with Crippen LogP contribution in [0.2, 0.25) is 10.0 Å². The van der Waals surface area contributed by atoms with E-state index in [1.54, 1.807) is 0 Å². The van der Waals surface area contributed by atoms with E-state index in [1.165, 1.54) is 25.0 Å². The second-order valence-corrected chi connectivity index (χ2v) is 8.55. The molecule has 1 saturated carbocycles. The van der Waals surface area contributed by atoms with E-state index in [4.69, 9.17) is 33.9 Å². The lowest BCUT2D eigenvalue weighted by Gasteiger charge is -2.15. The van der Waals surface area contributed by atoms with Gasteiger partial charge in [-0.15, -0.1) is 0 Å². The molecule has 0 aromatic heterocycles. The van der Waals surface area contributed by atoms with Gasteiger partial charge in [-0.25, -0.2) is 8.42 Å². The summed E-state index contributed by atoms with van der Waals surface area (Å²) in [7, 11) is 1.25. The second kappa shape index (κ2) is 6.32. The Labute approximate surface area is 138 Å². The second-order valence-electron chi connectivity index (χ2n) is 5.23. The van der Waals surface area contributed by atoms with E-state index in [0.717, 1.165) is 6.42 Å². The monoisotopic (exact) mass is 369 g/mol. The fourth-order valence-electron chi connectivity index (χ4n) is 2.14. The fraction of sp³-hybridized carbons (Fsp3) is 0.462. The third-order valence-corrected chi connectivity index (χ3v) is 5.49. The summed E-state index contributed by atoms with van der Waals surface area (Å²) in [6.07, 6.45) is 3.25. The summed E-state index contributed by atoms with van der Waals surface area (Å²) in [5, 5.41) is 2.61. The first-order valence-electron chi connectivity index (χ1n) is 6.43. The number of amides is 1. The molecule has 8 heteroatoms. The summed E-state index contributed by atoms with van der Waals surface area (Å²) in [4.78, 5) is 11.9. The molecule has 0 aliphatic heterocycles. The molecule has 0 spiro atoms. The average Bonchev–Trinajstić information content (AvgIpc) is 3.10. The standard InChI is InChI=1S/C13H14Cl3NO3S/c1-7(6-8-2-3-8)17-13(18)11-9(14)4-5-10(12(11)15)21(16,19)20/h4-5,7-8H,2-3,6H2,1H3,(H,17,18). The Balaban J connectivity index is 2.27. The van der Waals surface area contributed by atoms with Crippen molar-refractivity contribution in [3.05, 3.63) is 27.7 Å². The highest BCUT2D eigenvalue weighted by atomic mass is 35.7. The molecule has 116 valence electrons. The van der Waals surface area contributed by atoms with Crippen LogP contribution in [0.5, 0.6) is 0 Å². The van der Waals surface area contributed by atoms with Gasteiger partial charge in [0.05, 0.1) is 15.6 Å². The molecule has 1 aliphatic carbocycles. The van der Waals surface area contributed by atoms with Crippen molar-refractivity contribution in [1.29, 1.82) is 0 Å². The molecule has 1 fully saturated rings. The summed E-state index contributed by atoms with van der Waals surface area (Å²) in [6.45, 7) is 1.89. The predicted octanol–water partition coefficient (Wildman–Crippen LogP) is 3.84. The van der Waals surface area contributed by atoms with Crippen LogP contribution >= 0.6 is 33.9 Å². The Kier molecular flexibility index (Phi) is 5.08. The quantitative estimate of drug-likeness (QED) is 0.801. The van der Waals surface area contributed by atoms with Gasteiger partial charge < -0.3 is 5.32 Å². The minimum Gasteiger partial charge on any atom is -0.349 e. The Morgan fingerprint density at radius 1 is 1.38 bits per heavy atom. The third-order valence-electron chi connectivity index (χ3n) is 3.31. The van der Waals surface area contributed by atoms with Gasteiger partial charge in [0, 0.05) is 16.7 Å². The van der Waals surface area contributed by atoms with Crippen LogP contribution in [0.3, 0.4) is 0 Å². The largest absolute Gasteiger partial charge is 0.349 e. The van der Waals surface area contributed by atoms with Crippen molar-refractivity contribution in [3.8, 4) is 0 Å². The molecule has 0 saturated heterocycles. The molecule has 1 aromatic rings. The average molecular weight is 371 g/mol. The van der Waals surface area contributed by atoms with E-state index < -0.39 is 15.0 Å². The molecule has 21 heavy (non-hydrogen) atoms. The molecule has 4 nitrogen and oxygen atoms in total. The predicted molar refractivity (Wildman–Crippen MR) is 83.8 cm³/mol. The van der Waals surface area contributed by atoms with Crippen LogP contribution in [0, 0.1) is 5.92 Å². The number of nitrogens with one attached hydrogen (secondary N) is 1. The molecule has 0 heterocycles. The highest BCUT2D eigenvalue weighted by Crippen LogP contribution is 2.35. The van der Waals surface area contributed by atoms with Gasteiger partial charge in [-0.05, 0) is 31.4 Å². The Morgan fingerprint density at radius 3 is 2.52 bits per heavy atom. The van der Waals surface area contributed by atoms with Gasteiger partial charge in [0.25, 0.3) is 15.0 Å². The van der Waals surface area contributed by atoms with E-state index >= 15 is 0 Å². The van der Waals surface area contributed by atoms with Crippen molar-refractivity contribution in [2.24, 2.45) is 5.92 Å². The maximum Gasteiger partial charge on any atom is 0.262 e. The lowest BCUT2D eigenvalue weighted by molar-refractivity contribution is 0.0937. The van der Waals surface area contributed by atoms with Crippen LogP contribution in [0.1, 0.15) is 36.5 Å². The molecular weight excluding hydrogens is 357 g/mol. The lowest BCUT2D eigenvalue weighted by Crippen LogP contribution is -2.33. The molecule has 2 rings (SSSR count). The summed E-state index contributed by atoms with van der Waals surface area (Å²) in [5.41, 5.74) is -0.0669. The SMILES string of the molecule is CC(CC1CC1)NC(=O)c1c(Cl)ccc(S(=O)(=O)Cl)c1Cl. The van der Waals surface area contributed by atoms with Crippen molar-refractivity contribution >= 4 is 48.8 Å². The number of rotatable bonds is 5. The zero-order chi connectivity index (χ0) is 15.8. The van der Waals surface area contributed by atoms with E-state index in [9.17, 15) is 13.2 Å². The van der Waals surface area contributed by atoms with Gasteiger partial charge in [-0.1, -0.05) is 36.0 Å². The molecule has 0 radical (unpaired) electrons. The van der Waals surface area contributed by atoms with Gasteiger partial charge in [0.1, 0.15) is 4.90 Å². The molecule has 1 aliphatic rings. The number of halogens is 3. The first kappa shape index (κ1) is 16.9. The van der Waals surface area contributed by atoms with Crippen molar-refractivity contribution in [2.45, 2.75) is 37.1 Å². The number of hydrogen-bond donors (Lipinski definition) is 1. The minimum atomic E-state index is -4.04. The number of carbonyl (C=O) groups is 1. The topological polar surface area (TPSA) is 63.2 Å². The van der Waals surface area contributed by atoms with Crippen molar-refractivity contribution in [3.63, 3.8) is 0 Å². The molecule has 1 aromatic carbocycles. The van der Waals surface area contributed by atoms with E-state index in [2.05, 4.69) is 5.32 Å². The van der Waals surface area contributed by atoms with Gasteiger partial charge in [-0.3, -0.25) is 4.79 Å². The van der Waals surface area contributed by atoms with Crippen LogP contribution in [-0.4, -0.2) is 20.4 Å². The maximum absolute atomic E-state index is 12.3. The van der Waals surface area contributed by atoms with Gasteiger partial charge >= 0.3 is 0 Å². The number of carbonyl (C=O) groups excluding carboxylic acids is 1. The fourth-order valence-corrected chi connectivity index (χ4v) is 4.04.